The highest BCUT2D eigenvalue weighted by Gasteiger charge is 2.38. The second-order valence-electron chi connectivity index (χ2n) is 6.87. The Balaban J connectivity index is 0.000000454. The van der Waals surface area contributed by atoms with Gasteiger partial charge in [0, 0.05) is 17.3 Å². The van der Waals surface area contributed by atoms with E-state index < -0.39 is 22.2 Å². The number of aromatic amines is 1. The maximum atomic E-state index is 11.5. The molecule has 0 aliphatic heterocycles. The number of sulfonamides is 1. The van der Waals surface area contributed by atoms with E-state index >= 15 is 0 Å². The van der Waals surface area contributed by atoms with Crippen molar-refractivity contribution in [2.24, 2.45) is 5.14 Å². The predicted molar refractivity (Wildman–Crippen MR) is 123 cm³/mol. The average Bonchev–Trinajstić information content (AvgIpc) is 3.20. The minimum Gasteiger partial charge on any atom is -0.497 e. The molecule has 0 radical (unpaired) electrons. The number of carboxylic acids is 1. The number of rotatable bonds is 6. The van der Waals surface area contributed by atoms with Crippen LogP contribution < -0.4 is 20.5 Å². The fourth-order valence-electron chi connectivity index (χ4n) is 2.71. The molecule has 6 N–H and O–H groups in total. The number of halogens is 3. The molecule has 0 spiro atoms. The van der Waals surface area contributed by atoms with E-state index in [4.69, 9.17) is 19.8 Å². The summed E-state index contributed by atoms with van der Waals surface area (Å²) in [6, 6.07) is 13.3. The summed E-state index contributed by atoms with van der Waals surface area (Å²) in [6.45, 7) is 0. The molecule has 16 heteroatoms. The number of nitrogens with one attached hydrogen (secondary N) is 3. The summed E-state index contributed by atoms with van der Waals surface area (Å²) in [6.07, 6.45) is -3.52. The summed E-state index contributed by atoms with van der Waals surface area (Å²) in [5.74, 6) is -0.686. The number of nitrogens with two attached hydrogens (primary N) is 1. The Hall–Kier alpha value is -4.44. The van der Waals surface area contributed by atoms with E-state index in [0.29, 0.717) is 23.1 Å². The number of alkyl halides is 3. The fraction of sp³-hybridized carbons (Fsp3) is 0.100. The Morgan fingerprint density at radius 1 is 1.14 bits per heavy atom. The van der Waals surface area contributed by atoms with Gasteiger partial charge in [-0.1, -0.05) is 6.07 Å². The molecule has 0 unspecified atom stereocenters. The molecule has 0 saturated heterocycles. The molecule has 4 aromatic rings. The third-order valence-corrected chi connectivity index (χ3v) is 5.24. The van der Waals surface area contributed by atoms with Crippen LogP contribution in [0.5, 0.6) is 5.75 Å². The Morgan fingerprint density at radius 2 is 1.86 bits per heavy atom. The van der Waals surface area contributed by atoms with Crippen LogP contribution in [0.25, 0.3) is 10.9 Å². The van der Waals surface area contributed by atoms with Gasteiger partial charge in [-0.05, 0) is 42.5 Å². The van der Waals surface area contributed by atoms with Gasteiger partial charge in [0.2, 0.25) is 16.0 Å². The fourth-order valence-corrected chi connectivity index (χ4v) is 3.26. The van der Waals surface area contributed by atoms with E-state index in [1.807, 2.05) is 18.2 Å². The van der Waals surface area contributed by atoms with Crippen LogP contribution in [0.15, 0.2) is 59.6 Å². The minimum atomic E-state index is -5.08. The van der Waals surface area contributed by atoms with Gasteiger partial charge in [0.25, 0.3) is 0 Å². The molecule has 0 amide bonds. The first-order valence-corrected chi connectivity index (χ1v) is 11.2. The van der Waals surface area contributed by atoms with E-state index in [9.17, 15) is 21.6 Å². The van der Waals surface area contributed by atoms with Crippen LogP contribution in [-0.2, 0) is 14.8 Å². The lowest BCUT2D eigenvalue weighted by atomic mass is 10.2. The van der Waals surface area contributed by atoms with Gasteiger partial charge in [0.1, 0.15) is 11.6 Å². The Labute approximate surface area is 201 Å². The van der Waals surface area contributed by atoms with Crippen molar-refractivity contribution < 1.29 is 36.2 Å². The van der Waals surface area contributed by atoms with Gasteiger partial charge < -0.3 is 20.5 Å². The van der Waals surface area contributed by atoms with Gasteiger partial charge in [-0.3, -0.25) is 5.10 Å². The summed E-state index contributed by atoms with van der Waals surface area (Å²) in [5, 5.41) is 26.4. The van der Waals surface area contributed by atoms with Gasteiger partial charge in [-0.15, -0.1) is 0 Å². The number of aliphatic carboxylic acids is 1. The van der Waals surface area contributed by atoms with Gasteiger partial charge in [0.15, 0.2) is 5.82 Å². The lowest BCUT2D eigenvalue weighted by Gasteiger charge is -2.08. The summed E-state index contributed by atoms with van der Waals surface area (Å²) in [4.78, 5) is 17.4. The van der Waals surface area contributed by atoms with Gasteiger partial charge >= 0.3 is 12.1 Å². The highest BCUT2D eigenvalue weighted by molar-refractivity contribution is 7.89. The molecule has 2 aromatic heterocycles. The van der Waals surface area contributed by atoms with E-state index in [2.05, 4.69) is 30.8 Å². The SMILES string of the molecule is COc1ccc2[nH]nc(Nc3ccnc(Nc4cccc(S(N)(=O)=O)c4)n3)c2c1.O=C(O)C(F)(F)F. The van der Waals surface area contributed by atoms with Crippen molar-refractivity contribution in [2.75, 3.05) is 17.7 Å². The maximum Gasteiger partial charge on any atom is 0.490 e. The molecular weight excluding hydrogens is 507 g/mol. The van der Waals surface area contributed by atoms with Gasteiger partial charge in [-0.2, -0.15) is 23.3 Å². The molecule has 0 atom stereocenters. The maximum absolute atomic E-state index is 11.5. The molecule has 4 rings (SSSR count). The number of H-pyrrole nitrogens is 1. The predicted octanol–water partition coefficient (Wildman–Crippen LogP) is 3.13. The van der Waals surface area contributed by atoms with Crippen molar-refractivity contribution in [1.29, 1.82) is 0 Å². The molecular formula is C20H18F3N7O5S. The number of hydrogen-bond acceptors (Lipinski definition) is 9. The number of benzene rings is 2. The second-order valence-corrected chi connectivity index (χ2v) is 8.44. The van der Waals surface area contributed by atoms with Crippen molar-refractivity contribution >= 4 is 50.2 Å². The molecule has 0 saturated carbocycles. The molecule has 12 nitrogen and oxygen atoms in total. The molecule has 0 bridgehead atoms. The van der Waals surface area contributed by atoms with Gasteiger partial charge in [-0.25, -0.2) is 23.3 Å². The largest absolute Gasteiger partial charge is 0.497 e. The summed E-state index contributed by atoms with van der Waals surface area (Å²) < 4.78 is 60.0. The van der Waals surface area contributed by atoms with E-state index in [1.165, 1.54) is 12.1 Å². The van der Waals surface area contributed by atoms with Crippen molar-refractivity contribution in [1.82, 2.24) is 20.2 Å². The summed E-state index contributed by atoms with van der Waals surface area (Å²) in [7, 11) is -2.20. The van der Waals surface area contributed by atoms with Crippen LogP contribution in [-0.4, -0.2) is 52.9 Å². The summed E-state index contributed by atoms with van der Waals surface area (Å²) in [5.41, 5.74) is 1.34. The van der Waals surface area contributed by atoms with Crippen LogP contribution in [0.2, 0.25) is 0 Å². The summed E-state index contributed by atoms with van der Waals surface area (Å²) >= 11 is 0. The number of fused-ring (bicyclic) bond motifs is 1. The Bertz CT molecular complexity index is 1490. The number of aromatic nitrogens is 4. The highest BCUT2D eigenvalue weighted by atomic mass is 32.2. The third-order valence-electron chi connectivity index (χ3n) is 4.33. The van der Waals surface area contributed by atoms with Crippen LogP contribution in [0.1, 0.15) is 0 Å². The van der Waals surface area contributed by atoms with E-state index in [0.717, 1.165) is 10.9 Å². The Kier molecular flexibility index (Phi) is 7.59. The molecule has 36 heavy (non-hydrogen) atoms. The molecule has 2 aromatic carbocycles. The zero-order valence-corrected chi connectivity index (χ0v) is 19.1. The van der Waals surface area contributed by atoms with E-state index in [-0.39, 0.29) is 10.8 Å². The smallest absolute Gasteiger partial charge is 0.490 e. The van der Waals surface area contributed by atoms with Crippen molar-refractivity contribution in [3.8, 4) is 5.75 Å². The second kappa shape index (κ2) is 10.4. The van der Waals surface area contributed by atoms with Crippen LogP contribution in [0, 0.1) is 0 Å². The third kappa shape index (κ3) is 6.80. The molecule has 2 heterocycles. The van der Waals surface area contributed by atoms with Crippen molar-refractivity contribution in [3.05, 3.63) is 54.7 Å². The number of methoxy groups -OCH3 is 1. The van der Waals surface area contributed by atoms with Crippen LogP contribution in [0.3, 0.4) is 0 Å². The first-order chi connectivity index (χ1) is 16.9. The van der Waals surface area contributed by atoms with Gasteiger partial charge in [0.05, 0.1) is 17.5 Å². The monoisotopic (exact) mass is 525 g/mol. The number of hydrogen-bond donors (Lipinski definition) is 5. The zero-order chi connectivity index (χ0) is 26.5. The standard InChI is InChI=1S/C18H17N7O3S.C2HF3O2/c1-28-12-5-6-15-14(10-12)17(25-24-15)22-16-7-8-20-18(23-16)21-11-3-2-4-13(9-11)29(19,26)27;3-2(4,5)1(6)7/h2-10H,1H3,(H2,19,26,27)(H3,20,21,22,23,24,25);(H,6,7). The number of ether oxygens (including phenoxy) is 1. The normalized spacial score (nSPS) is 11.4. The highest BCUT2D eigenvalue weighted by Crippen LogP contribution is 2.27. The first-order valence-electron chi connectivity index (χ1n) is 9.69. The molecule has 0 aliphatic rings. The quantitative estimate of drug-likeness (QED) is 0.250. The molecule has 0 aliphatic carbocycles. The molecule has 0 fully saturated rings. The topological polar surface area (TPSA) is 185 Å². The van der Waals surface area contributed by atoms with Crippen molar-refractivity contribution in [3.63, 3.8) is 0 Å². The number of primary sulfonamides is 1. The number of carbonyl (C=O) groups is 1. The van der Waals surface area contributed by atoms with Crippen LogP contribution in [0.4, 0.5) is 36.4 Å². The Morgan fingerprint density at radius 3 is 2.50 bits per heavy atom. The lowest BCUT2D eigenvalue weighted by Crippen LogP contribution is -2.21. The first kappa shape index (κ1) is 26.2. The minimum absolute atomic E-state index is 0.00582. The number of carboxylic acid groups (broad SMARTS) is 1. The van der Waals surface area contributed by atoms with Crippen LogP contribution >= 0.6 is 0 Å². The number of nitrogens with zero attached hydrogens (tertiary/aromatic N) is 3. The molecule has 190 valence electrons. The average molecular weight is 525 g/mol. The zero-order valence-electron chi connectivity index (χ0n) is 18.2. The van der Waals surface area contributed by atoms with E-state index in [1.54, 1.807) is 31.5 Å². The lowest BCUT2D eigenvalue weighted by molar-refractivity contribution is -0.192. The number of anilines is 4. The van der Waals surface area contributed by atoms with Crippen molar-refractivity contribution in [2.45, 2.75) is 11.1 Å².